The number of aromatic nitrogens is 2. The van der Waals surface area contributed by atoms with E-state index in [1.54, 1.807) is 0 Å². The molecule has 82 valence electrons. The molecule has 0 radical (unpaired) electrons. The van der Waals surface area contributed by atoms with Gasteiger partial charge in [0.2, 0.25) is 0 Å². The molecule has 0 spiro atoms. The van der Waals surface area contributed by atoms with E-state index in [-0.39, 0.29) is 23.8 Å². The van der Waals surface area contributed by atoms with Crippen molar-refractivity contribution in [3.8, 4) is 0 Å². The van der Waals surface area contributed by atoms with Crippen LogP contribution in [0.2, 0.25) is 0 Å². The van der Waals surface area contributed by atoms with Gasteiger partial charge in [-0.3, -0.25) is 14.3 Å². The fourth-order valence-electron chi connectivity index (χ4n) is 2.04. The SMILES string of the molecule is CC1CC(C)[C@H](n2ccc(=O)[nH]c2=O)O1. The topological polar surface area (TPSA) is 64.1 Å². The van der Waals surface area contributed by atoms with Crippen LogP contribution in [0.4, 0.5) is 0 Å². The fraction of sp³-hybridized carbons (Fsp3) is 0.600. The monoisotopic (exact) mass is 210 g/mol. The first-order valence-electron chi connectivity index (χ1n) is 5.05. The minimum absolute atomic E-state index is 0.156. The summed E-state index contributed by atoms with van der Waals surface area (Å²) in [6.45, 7) is 4.01. The quantitative estimate of drug-likeness (QED) is 0.733. The van der Waals surface area contributed by atoms with E-state index < -0.39 is 5.69 Å². The van der Waals surface area contributed by atoms with Gasteiger partial charge in [-0.05, 0) is 13.3 Å². The predicted octanol–water partition coefficient (Wildman–Crippen LogP) is 0.480. The Hall–Kier alpha value is -1.36. The average molecular weight is 210 g/mol. The molecule has 1 fully saturated rings. The van der Waals surface area contributed by atoms with Crippen LogP contribution >= 0.6 is 0 Å². The molecule has 1 N–H and O–H groups in total. The van der Waals surface area contributed by atoms with E-state index in [0.29, 0.717) is 0 Å². The molecule has 1 aromatic heterocycles. The van der Waals surface area contributed by atoms with Crippen LogP contribution in [-0.4, -0.2) is 15.7 Å². The van der Waals surface area contributed by atoms with E-state index in [1.165, 1.54) is 16.8 Å². The van der Waals surface area contributed by atoms with Crippen molar-refractivity contribution in [1.29, 1.82) is 0 Å². The van der Waals surface area contributed by atoms with E-state index in [0.717, 1.165) is 6.42 Å². The summed E-state index contributed by atoms with van der Waals surface area (Å²) < 4.78 is 7.06. The Morgan fingerprint density at radius 3 is 2.73 bits per heavy atom. The highest BCUT2D eigenvalue weighted by Gasteiger charge is 2.31. The molecule has 5 heteroatoms. The van der Waals surface area contributed by atoms with Crippen LogP contribution in [-0.2, 0) is 4.74 Å². The van der Waals surface area contributed by atoms with E-state index in [4.69, 9.17) is 4.74 Å². The van der Waals surface area contributed by atoms with Crippen molar-refractivity contribution in [3.05, 3.63) is 33.1 Å². The zero-order valence-corrected chi connectivity index (χ0v) is 8.77. The lowest BCUT2D eigenvalue weighted by Gasteiger charge is -2.17. The summed E-state index contributed by atoms with van der Waals surface area (Å²) in [4.78, 5) is 24.6. The van der Waals surface area contributed by atoms with Gasteiger partial charge in [-0.1, -0.05) is 6.92 Å². The van der Waals surface area contributed by atoms with Crippen molar-refractivity contribution in [1.82, 2.24) is 9.55 Å². The maximum atomic E-state index is 11.5. The summed E-state index contributed by atoms with van der Waals surface area (Å²) in [6.07, 6.45) is 2.31. The number of nitrogens with zero attached hydrogens (tertiary/aromatic N) is 1. The normalized spacial score (nSPS) is 30.7. The maximum Gasteiger partial charge on any atom is 0.330 e. The lowest BCUT2D eigenvalue weighted by atomic mass is 10.1. The molecule has 0 bridgehead atoms. The molecule has 0 aliphatic carbocycles. The molecule has 0 saturated carbocycles. The van der Waals surface area contributed by atoms with Crippen LogP contribution in [0.25, 0.3) is 0 Å². The van der Waals surface area contributed by atoms with Crippen molar-refractivity contribution >= 4 is 0 Å². The highest BCUT2D eigenvalue weighted by Crippen LogP contribution is 2.32. The average Bonchev–Trinajstić information content (AvgIpc) is 2.45. The molecular weight excluding hydrogens is 196 g/mol. The predicted molar refractivity (Wildman–Crippen MR) is 54.7 cm³/mol. The first-order valence-corrected chi connectivity index (χ1v) is 5.05. The van der Waals surface area contributed by atoms with Crippen molar-refractivity contribution < 1.29 is 4.74 Å². The summed E-state index contributed by atoms with van der Waals surface area (Å²) in [5.41, 5.74) is -0.789. The summed E-state index contributed by atoms with van der Waals surface area (Å²) in [6, 6.07) is 1.33. The zero-order chi connectivity index (χ0) is 11.0. The Morgan fingerprint density at radius 2 is 2.20 bits per heavy atom. The van der Waals surface area contributed by atoms with Gasteiger partial charge in [0.05, 0.1) is 6.10 Å². The summed E-state index contributed by atoms with van der Waals surface area (Å²) in [5.74, 6) is 0.281. The van der Waals surface area contributed by atoms with Crippen LogP contribution in [0.1, 0.15) is 26.5 Å². The Balaban J connectivity index is 2.38. The number of aromatic amines is 1. The van der Waals surface area contributed by atoms with Crippen LogP contribution in [0.5, 0.6) is 0 Å². The summed E-state index contributed by atoms with van der Waals surface area (Å²) in [7, 11) is 0. The number of H-pyrrole nitrogens is 1. The second-order valence-electron chi connectivity index (χ2n) is 4.07. The fourth-order valence-corrected chi connectivity index (χ4v) is 2.04. The van der Waals surface area contributed by atoms with Gasteiger partial charge >= 0.3 is 5.69 Å². The third-order valence-electron chi connectivity index (χ3n) is 2.69. The van der Waals surface area contributed by atoms with Gasteiger partial charge in [-0.25, -0.2) is 4.79 Å². The van der Waals surface area contributed by atoms with Crippen molar-refractivity contribution in [2.75, 3.05) is 0 Å². The molecule has 2 unspecified atom stereocenters. The smallest absolute Gasteiger partial charge is 0.330 e. The highest BCUT2D eigenvalue weighted by molar-refractivity contribution is 4.87. The molecule has 3 atom stereocenters. The van der Waals surface area contributed by atoms with E-state index in [9.17, 15) is 9.59 Å². The summed E-state index contributed by atoms with van der Waals surface area (Å²) >= 11 is 0. The highest BCUT2D eigenvalue weighted by atomic mass is 16.5. The lowest BCUT2D eigenvalue weighted by Crippen LogP contribution is -2.33. The van der Waals surface area contributed by atoms with Crippen LogP contribution in [0.3, 0.4) is 0 Å². The molecular formula is C10H14N2O3. The Kier molecular flexibility index (Phi) is 2.48. The molecule has 1 saturated heterocycles. The Bertz CT molecular complexity index is 462. The Morgan fingerprint density at radius 1 is 1.47 bits per heavy atom. The molecule has 0 aromatic carbocycles. The van der Waals surface area contributed by atoms with Crippen molar-refractivity contribution in [2.24, 2.45) is 5.92 Å². The van der Waals surface area contributed by atoms with Crippen molar-refractivity contribution in [3.63, 3.8) is 0 Å². The number of hydrogen-bond donors (Lipinski definition) is 1. The van der Waals surface area contributed by atoms with E-state index in [1.807, 2.05) is 13.8 Å². The lowest BCUT2D eigenvalue weighted by molar-refractivity contribution is -0.00556. The second-order valence-corrected chi connectivity index (χ2v) is 4.07. The largest absolute Gasteiger partial charge is 0.355 e. The molecule has 0 amide bonds. The van der Waals surface area contributed by atoms with Gasteiger partial charge in [0, 0.05) is 18.2 Å². The van der Waals surface area contributed by atoms with Crippen LogP contribution in [0, 0.1) is 5.92 Å². The first kappa shape index (κ1) is 10.2. The number of hydrogen-bond acceptors (Lipinski definition) is 3. The Labute approximate surface area is 86.7 Å². The van der Waals surface area contributed by atoms with Crippen molar-refractivity contribution in [2.45, 2.75) is 32.6 Å². The number of ether oxygens (including phenoxy) is 1. The molecule has 2 heterocycles. The van der Waals surface area contributed by atoms with Gasteiger partial charge in [0.25, 0.3) is 5.56 Å². The molecule has 15 heavy (non-hydrogen) atoms. The van der Waals surface area contributed by atoms with E-state index in [2.05, 4.69) is 4.98 Å². The third kappa shape index (κ3) is 1.87. The minimum Gasteiger partial charge on any atom is -0.355 e. The van der Waals surface area contributed by atoms with Gasteiger partial charge in [0.15, 0.2) is 0 Å². The van der Waals surface area contributed by atoms with Gasteiger partial charge in [-0.15, -0.1) is 0 Å². The zero-order valence-electron chi connectivity index (χ0n) is 8.77. The molecule has 5 nitrogen and oxygen atoms in total. The maximum absolute atomic E-state index is 11.5. The van der Waals surface area contributed by atoms with Gasteiger partial charge in [-0.2, -0.15) is 0 Å². The van der Waals surface area contributed by atoms with Gasteiger partial charge < -0.3 is 4.74 Å². The van der Waals surface area contributed by atoms with Crippen LogP contribution < -0.4 is 11.2 Å². The third-order valence-corrected chi connectivity index (χ3v) is 2.69. The van der Waals surface area contributed by atoms with Crippen LogP contribution in [0.15, 0.2) is 21.9 Å². The van der Waals surface area contributed by atoms with Gasteiger partial charge in [0.1, 0.15) is 6.23 Å². The number of rotatable bonds is 1. The second kappa shape index (κ2) is 3.66. The minimum atomic E-state index is -0.409. The van der Waals surface area contributed by atoms with E-state index >= 15 is 0 Å². The molecule has 1 aliphatic heterocycles. The molecule has 1 aliphatic rings. The molecule has 1 aromatic rings. The first-order chi connectivity index (χ1) is 7.08. The summed E-state index contributed by atoms with van der Waals surface area (Å²) in [5, 5.41) is 0. The molecule has 2 rings (SSSR count). The number of nitrogens with one attached hydrogen (secondary N) is 1. The standard InChI is InChI=1S/C10H14N2O3/c1-6-5-7(2)15-9(6)12-4-3-8(13)11-10(12)14/h3-4,6-7,9H,5H2,1-2H3,(H,11,13,14)/t6?,7?,9-/m1/s1.